The van der Waals surface area contributed by atoms with E-state index in [4.69, 9.17) is 4.74 Å². The Bertz CT molecular complexity index is 581. The molecule has 1 aromatic rings. The number of hydrogen-bond donors (Lipinski definition) is 1. The molecule has 1 aromatic heterocycles. The highest BCUT2D eigenvalue weighted by atomic mass is 32.1. The molecule has 0 bridgehead atoms. The summed E-state index contributed by atoms with van der Waals surface area (Å²) in [6, 6.07) is 4.29. The number of thiophene rings is 1. The molecule has 0 spiro atoms. The molecule has 0 aromatic carbocycles. The second-order valence-corrected chi connectivity index (χ2v) is 8.10. The maximum Gasteiger partial charge on any atom is 0.318 e. The van der Waals surface area contributed by atoms with E-state index in [2.05, 4.69) is 16.8 Å². The molecule has 1 N–H and O–H groups in total. The number of esters is 1. The standard InChI is InChI=1S/C19H28N2O3S/c1-2-24-17(22)14-19(10-4-3-5-11-19)20-18(23)21-12-6-8-15(21)16-9-7-13-25-16/h7,9,13,15H,2-6,8,10-12,14H2,1H3,(H,20,23)/t15-/m0/s1. The average Bonchev–Trinajstić information content (AvgIpc) is 3.27. The van der Waals surface area contributed by atoms with Crippen molar-refractivity contribution in [1.29, 1.82) is 0 Å². The summed E-state index contributed by atoms with van der Waals surface area (Å²) >= 11 is 1.71. The van der Waals surface area contributed by atoms with Crippen molar-refractivity contribution in [3.8, 4) is 0 Å². The Morgan fingerprint density at radius 1 is 1.32 bits per heavy atom. The van der Waals surface area contributed by atoms with Crippen molar-refractivity contribution in [3.05, 3.63) is 22.4 Å². The summed E-state index contributed by atoms with van der Waals surface area (Å²) in [5.41, 5.74) is -0.440. The lowest BCUT2D eigenvalue weighted by atomic mass is 9.79. The van der Waals surface area contributed by atoms with Crippen molar-refractivity contribution in [2.24, 2.45) is 0 Å². The van der Waals surface area contributed by atoms with E-state index < -0.39 is 5.54 Å². The molecule has 1 aliphatic carbocycles. The third-order valence-corrected chi connectivity index (χ3v) is 6.33. The minimum Gasteiger partial charge on any atom is -0.466 e. The number of likely N-dealkylation sites (tertiary alicyclic amines) is 1. The smallest absolute Gasteiger partial charge is 0.318 e. The number of nitrogens with one attached hydrogen (secondary N) is 1. The van der Waals surface area contributed by atoms with Crippen LogP contribution in [0.1, 0.15) is 69.2 Å². The van der Waals surface area contributed by atoms with Crippen molar-refractivity contribution in [3.63, 3.8) is 0 Å². The van der Waals surface area contributed by atoms with Gasteiger partial charge < -0.3 is 15.0 Å². The van der Waals surface area contributed by atoms with Gasteiger partial charge in [0.1, 0.15) is 0 Å². The average molecular weight is 365 g/mol. The monoisotopic (exact) mass is 364 g/mol. The first-order valence-electron chi connectivity index (χ1n) is 9.41. The fraction of sp³-hybridized carbons (Fsp3) is 0.684. The predicted octanol–water partition coefficient (Wildman–Crippen LogP) is 4.25. The zero-order valence-electron chi connectivity index (χ0n) is 15.0. The molecular formula is C19H28N2O3S. The van der Waals surface area contributed by atoms with Crippen LogP contribution in [0.3, 0.4) is 0 Å². The van der Waals surface area contributed by atoms with E-state index in [0.717, 1.165) is 45.1 Å². The van der Waals surface area contributed by atoms with Gasteiger partial charge in [-0.2, -0.15) is 0 Å². The lowest BCUT2D eigenvalue weighted by Crippen LogP contribution is -2.55. The van der Waals surface area contributed by atoms with Crippen molar-refractivity contribution >= 4 is 23.3 Å². The normalized spacial score (nSPS) is 22.6. The van der Waals surface area contributed by atoms with Crippen LogP contribution in [0.5, 0.6) is 0 Å². The van der Waals surface area contributed by atoms with Crippen LogP contribution >= 0.6 is 11.3 Å². The minimum atomic E-state index is -0.440. The van der Waals surface area contributed by atoms with E-state index in [1.807, 2.05) is 17.9 Å². The van der Waals surface area contributed by atoms with E-state index in [1.54, 1.807) is 11.3 Å². The zero-order chi connectivity index (χ0) is 17.7. The second-order valence-electron chi connectivity index (χ2n) is 7.12. The molecule has 5 nitrogen and oxygen atoms in total. The van der Waals surface area contributed by atoms with Gasteiger partial charge in [0.2, 0.25) is 0 Å². The van der Waals surface area contributed by atoms with Gasteiger partial charge in [-0.25, -0.2) is 4.79 Å². The fourth-order valence-electron chi connectivity index (χ4n) is 4.15. The number of carbonyl (C=O) groups excluding carboxylic acids is 2. The third-order valence-electron chi connectivity index (χ3n) is 5.36. The summed E-state index contributed by atoms with van der Waals surface area (Å²) in [4.78, 5) is 28.3. The molecule has 1 aliphatic heterocycles. The van der Waals surface area contributed by atoms with E-state index in [0.29, 0.717) is 6.61 Å². The van der Waals surface area contributed by atoms with Gasteiger partial charge in [-0.3, -0.25) is 4.79 Å². The van der Waals surface area contributed by atoms with Crippen molar-refractivity contribution in [2.45, 2.75) is 69.9 Å². The highest BCUT2D eigenvalue weighted by molar-refractivity contribution is 7.10. The summed E-state index contributed by atoms with van der Waals surface area (Å²) in [5, 5.41) is 5.31. The van der Waals surface area contributed by atoms with Crippen LogP contribution in [0.15, 0.2) is 17.5 Å². The first-order chi connectivity index (χ1) is 12.1. The zero-order valence-corrected chi connectivity index (χ0v) is 15.8. The topological polar surface area (TPSA) is 58.6 Å². The molecule has 2 fully saturated rings. The summed E-state index contributed by atoms with van der Waals surface area (Å²) < 4.78 is 5.15. The lowest BCUT2D eigenvalue weighted by Gasteiger charge is -2.39. The van der Waals surface area contributed by atoms with Gasteiger partial charge in [0.15, 0.2) is 0 Å². The Morgan fingerprint density at radius 2 is 2.12 bits per heavy atom. The van der Waals surface area contributed by atoms with Crippen LogP contribution in [0.4, 0.5) is 4.79 Å². The van der Waals surface area contributed by atoms with E-state index in [-0.39, 0.29) is 24.5 Å². The van der Waals surface area contributed by atoms with Crippen LogP contribution in [-0.2, 0) is 9.53 Å². The van der Waals surface area contributed by atoms with Gasteiger partial charge in [0.05, 0.1) is 24.6 Å². The van der Waals surface area contributed by atoms with Crippen molar-refractivity contribution in [2.75, 3.05) is 13.2 Å². The highest BCUT2D eigenvalue weighted by Crippen LogP contribution is 2.36. The first kappa shape index (κ1) is 18.2. The molecule has 0 radical (unpaired) electrons. The quantitative estimate of drug-likeness (QED) is 0.795. The molecule has 138 valence electrons. The Kier molecular flexibility index (Phi) is 5.99. The van der Waals surface area contributed by atoms with Gasteiger partial charge in [0, 0.05) is 11.4 Å². The number of carbonyl (C=O) groups is 2. The Hall–Kier alpha value is -1.56. The van der Waals surface area contributed by atoms with E-state index in [9.17, 15) is 9.59 Å². The lowest BCUT2D eigenvalue weighted by molar-refractivity contribution is -0.145. The summed E-state index contributed by atoms with van der Waals surface area (Å²) in [6.07, 6.45) is 7.30. The maximum absolute atomic E-state index is 13.0. The second kappa shape index (κ2) is 8.21. The van der Waals surface area contributed by atoms with Crippen molar-refractivity contribution in [1.82, 2.24) is 10.2 Å². The number of ether oxygens (including phenoxy) is 1. The minimum absolute atomic E-state index is 0.0258. The van der Waals surface area contributed by atoms with Gasteiger partial charge in [-0.15, -0.1) is 11.3 Å². The number of urea groups is 1. The van der Waals surface area contributed by atoms with Gasteiger partial charge >= 0.3 is 12.0 Å². The molecule has 6 heteroatoms. The van der Waals surface area contributed by atoms with Crippen LogP contribution in [0, 0.1) is 0 Å². The molecule has 1 saturated carbocycles. The van der Waals surface area contributed by atoms with Crippen LogP contribution in [-0.4, -0.2) is 35.6 Å². The number of rotatable bonds is 5. The Balaban J connectivity index is 1.70. The summed E-state index contributed by atoms with van der Waals surface area (Å²) in [5.74, 6) is -0.207. The molecule has 1 atom stereocenters. The molecular weight excluding hydrogens is 336 g/mol. The molecule has 3 rings (SSSR count). The van der Waals surface area contributed by atoms with Crippen molar-refractivity contribution < 1.29 is 14.3 Å². The predicted molar refractivity (Wildman–Crippen MR) is 98.6 cm³/mol. The first-order valence-corrected chi connectivity index (χ1v) is 10.3. The summed E-state index contributed by atoms with van der Waals surface area (Å²) in [7, 11) is 0. The molecule has 2 aliphatic rings. The van der Waals surface area contributed by atoms with Gasteiger partial charge in [-0.05, 0) is 44.1 Å². The molecule has 1 saturated heterocycles. The highest BCUT2D eigenvalue weighted by Gasteiger charge is 2.39. The SMILES string of the molecule is CCOC(=O)CC1(NC(=O)N2CCC[C@H]2c2cccs2)CCCCC1. The number of hydrogen-bond acceptors (Lipinski definition) is 4. The van der Waals surface area contributed by atoms with E-state index in [1.165, 1.54) is 11.3 Å². The van der Waals surface area contributed by atoms with Crippen LogP contribution in [0.2, 0.25) is 0 Å². The molecule has 0 unspecified atom stereocenters. The van der Waals surface area contributed by atoms with Crippen LogP contribution < -0.4 is 5.32 Å². The fourth-order valence-corrected chi connectivity index (χ4v) is 5.02. The third kappa shape index (κ3) is 4.35. The van der Waals surface area contributed by atoms with Gasteiger partial charge in [0.25, 0.3) is 0 Å². The Labute approximate surface area is 153 Å². The molecule has 2 amide bonds. The number of amides is 2. The van der Waals surface area contributed by atoms with Gasteiger partial charge in [-0.1, -0.05) is 25.3 Å². The largest absolute Gasteiger partial charge is 0.466 e. The summed E-state index contributed by atoms with van der Waals surface area (Å²) in [6.45, 7) is 2.99. The number of nitrogens with zero attached hydrogens (tertiary/aromatic N) is 1. The molecule has 25 heavy (non-hydrogen) atoms. The Morgan fingerprint density at radius 3 is 2.80 bits per heavy atom. The molecule has 2 heterocycles. The maximum atomic E-state index is 13.0. The van der Waals surface area contributed by atoms with E-state index >= 15 is 0 Å². The van der Waals surface area contributed by atoms with Crippen LogP contribution in [0.25, 0.3) is 0 Å².